The third-order valence-corrected chi connectivity index (χ3v) is 2.80. The third kappa shape index (κ3) is 2.45. The Bertz CT molecular complexity index is 344. The van der Waals surface area contributed by atoms with Gasteiger partial charge in [-0.25, -0.2) is 0 Å². The first kappa shape index (κ1) is 10.4. The molecule has 0 saturated heterocycles. The lowest BCUT2D eigenvalue weighted by molar-refractivity contribution is 0.630. The Kier molecular flexibility index (Phi) is 3.51. The van der Waals surface area contributed by atoms with Crippen molar-refractivity contribution in [2.45, 2.75) is 25.7 Å². The molecule has 80 valence electrons. The van der Waals surface area contributed by atoms with Crippen molar-refractivity contribution in [3.63, 3.8) is 0 Å². The minimum Gasteiger partial charge on any atom is -0.316 e. The molecule has 1 aromatic rings. The van der Waals surface area contributed by atoms with Gasteiger partial charge in [0.1, 0.15) is 0 Å². The van der Waals surface area contributed by atoms with Gasteiger partial charge in [-0.3, -0.25) is 4.99 Å². The fraction of sp³-hybridized carbons (Fsp3) is 0.462. The third-order valence-electron chi connectivity index (χ3n) is 2.80. The number of benzene rings is 1. The van der Waals surface area contributed by atoms with Gasteiger partial charge in [-0.1, -0.05) is 31.5 Å². The van der Waals surface area contributed by atoms with Crippen LogP contribution in [0.25, 0.3) is 0 Å². The van der Waals surface area contributed by atoms with Crippen LogP contribution in [0.3, 0.4) is 0 Å². The van der Waals surface area contributed by atoms with Gasteiger partial charge in [0, 0.05) is 18.7 Å². The molecule has 1 heterocycles. The van der Waals surface area contributed by atoms with Crippen LogP contribution in [0.5, 0.6) is 0 Å². The average Bonchev–Trinajstić information content (AvgIpc) is 2.68. The van der Waals surface area contributed by atoms with Crippen molar-refractivity contribution >= 4 is 11.9 Å². The lowest BCUT2D eigenvalue weighted by Gasteiger charge is -2.10. The van der Waals surface area contributed by atoms with Crippen molar-refractivity contribution in [2.24, 2.45) is 4.99 Å². The molecule has 2 nitrogen and oxygen atoms in total. The van der Waals surface area contributed by atoms with Gasteiger partial charge in [0.2, 0.25) is 0 Å². The number of unbranched alkanes of at least 4 members (excludes halogenated alkanes) is 1. The van der Waals surface area contributed by atoms with E-state index in [4.69, 9.17) is 0 Å². The van der Waals surface area contributed by atoms with E-state index in [2.05, 4.69) is 41.6 Å². The summed E-state index contributed by atoms with van der Waals surface area (Å²) in [7, 11) is 0. The van der Waals surface area contributed by atoms with Gasteiger partial charge in [0.15, 0.2) is 0 Å². The van der Waals surface area contributed by atoms with E-state index in [1.165, 1.54) is 18.4 Å². The van der Waals surface area contributed by atoms with Crippen LogP contribution in [0.1, 0.15) is 31.2 Å². The van der Waals surface area contributed by atoms with Crippen molar-refractivity contribution < 1.29 is 0 Å². The maximum atomic E-state index is 4.41. The monoisotopic (exact) mass is 202 g/mol. The van der Waals surface area contributed by atoms with Crippen molar-refractivity contribution in [3.05, 3.63) is 29.8 Å². The number of fused-ring (bicyclic) bond motifs is 1. The number of rotatable bonds is 5. The molecule has 1 aromatic carbocycles. The minimum absolute atomic E-state index is 0.470. The van der Waals surface area contributed by atoms with E-state index in [1.54, 1.807) is 0 Å². The summed E-state index contributed by atoms with van der Waals surface area (Å²) in [5, 5.41) is 3.48. The Hall–Kier alpha value is -1.15. The first-order chi connectivity index (χ1) is 7.42. The lowest BCUT2D eigenvalue weighted by atomic mass is 10.0. The summed E-state index contributed by atoms with van der Waals surface area (Å²) in [4.78, 5) is 4.41. The molecule has 0 fully saturated rings. The fourth-order valence-electron chi connectivity index (χ4n) is 1.89. The Labute approximate surface area is 91.4 Å². The van der Waals surface area contributed by atoms with Gasteiger partial charge >= 0.3 is 0 Å². The van der Waals surface area contributed by atoms with Crippen LogP contribution < -0.4 is 5.32 Å². The summed E-state index contributed by atoms with van der Waals surface area (Å²) in [5.41, 5.74) is 2.50. The smallest absolute Gasteiger partial charge is 0.0665 e. The van der Waals surface area contributed by atoms with Crippen molar-refractivity contribution in [1.29, 1.82) is 0 Å². The van der Waals surface area contributed by atoms with Crippen LogP contribution >= 0.6 is 0 Å². The molecule has 1 aliphatic heterocycles. The first-order valence-electron chi connectivity index (χ1n) is 5.75. The second kappa shape index (κ2) is 5.08. The highest BCUT2D eigenvalue weighted by Crippen LogP contribution is 2.30. The molecule has 1 unspecified atom stereocenters. The molecule has 1 atom stereocenters. The molecule has 2 rings (SSSR count). The predicted molar refractivity (Wildman–Crippen MR) is 65.1 cm³/mol. The maximum Gasteiger partial charge on any atom is 0.0665 e. The molecular formula is C13H18N2. The van der Waals surface area contributed by atoms with Crippen LogP contribution in [0.15, 0.2) is 29.3 Å². The number of nitrogens with zero attached hydrogens (tertiary/aromatic N) is 1. The maximum absolute atomic E-state index is 4.41. The van der Waals surface area contributed by atoms with Crippen LogP contribution in [0, 0.1) is 0 Å². The summed E-state index contributed by atoms with van der Waals surface area (Å²) in [6.45, 7) is 4.34. The van der Waals surface area contributed by atoms with Crippen LogP contribution in [0.2, 0.25) is 0 Å². The van der Waals surface area contributed by atoms with Gasteiger partial charge in [-0.05, 0) is 24.6 Å². The van der Waals surface area contributed by atoms with E-state index < -0.39 is 0 Å². The molecule has 0 aliphatic carbocycles. The molecule has 2 heteroatoms. The Balaban J connectivity index is 1.88. The molecule has 0 saturated carbocycles. The summed E-state index contributed by atoms with van der Waals surface area (Å²) in [6, 6.07) is 8.39. The zero-order valence-corrected chi connectivity index (χ0v) is 9.24. The van der Waals surface area contributed by atoms with Gasteiger partial charge in [0.25, 0.3) is 0 Å². The van der Waals surface area contributed by atoms with E-state index in [0.29, 0.717) is 5.92 Å². The molecule has 15 heavy (non-hydrogen) atoms. The Morgan fingerprint density at radius 3 is 3.07 bits per heavy atom. The summed E-state index contributed by atoms with van der Waals surface area (Å²) < 4.78 is 0. The van der Waals surface area contributed by atoms with Crippen molar-refractivity contribution in [1.82, 2.24) is 5.32 Å². The summed E-state index contributed by atoms with van der Waals surface area (Å²) in [6.07, 6.45) is 4.57. The Morgan fingerprint density at radius 2 is 2.20 bits per heavy atom. The summed E-state index contributed by atoms with van der Waals surface area (Å²) >= 11 is 0. The lowest BCUT2D eigenvalue weighted by Crippen LogP contribution is -2.22. The fourth-order valence-corrected chi connectivity index (χ4v) is 1.89. The highest BCUT2D eigenvalue weighted by atomic mass is 14.9. The average molecular weight is 202 g/mol. The van der Waals surface area contributed by atoms with Crippen molar-refractivity contribution in [3.8, 4) is 0 Å². The number of aliphatic imine (C=N–C) groups is 1. The highest BCUT2D eigenvalue weighted by Gasteiger charge is 2.16. The zero-order valence-electron chi connectivity index (χ0n) is 9.24. The Morgan fingerprint density at radius 1 is 1.33 bits per heavy atom. The van der Waals surface area contributed by atoms with Gasteiger partial charge < -0.3 is 5.32 Å². The van der Waals surface area contributed by atoms with Crippen LogP contribution in [0.4, 0.5) is 5.69 Å². The largest absolute Gasteiger partial charge is 0.316 e. The number of hydrogen-bond acceptors (Lipinski definition) is 2. The quantitative estimate of drug-likeness (QED) is 0.729. The molecule has 0 spiro atoms. The molecule has 0 amide bonds. The number of para-hydroxylation sites is 1. The van der Waals surface area contributed by atoms with Crippen LogP contribution in [-0.2, 0) is 0 Å². The van der Waals surface area contributed by atoms with Gasteiger partial charge in [-0.2, -0.15) is 0 Å². The van der Waals surface area contributed by atoms with Crippen LogP contribution in [-0.4, -0.2) is 19.3 Å². The number of nitrogens with one attached hydrogen (secondary N) is 1. The van der Waals surface area contributed by atoms with E-state index in [0.717, 1.165) is 18.8 Å². The molecule has 1 aliphatic rings. The molecule has 0 radical (unpaired) electrons. The van der Waals surface area contributed by atoms with E-state index >= 15 is 0 Å². The first-order valence-corrected chi connectivity index (χ1v) is 5.75. The van der Waals surface area contributed by atoms with Crippen molar-refractivity contribution in [2.75, 3.05) is 13.1 Å². The highest BCUT2D eigenvalue weighted by molar-refractivity contribution is 5.80. The van der Waals surface area contributed by atoms with E-state index in [9.17, 15) is 0 Å². The standard InChI is InChI=1S/C13H18N2/c1-2-3-8-14-9-11-10-15-13-7-5-4-6-12(11)13/h4-7,10-11,14H,2-3,8-9H2,1H3. The minimum atomic E-state index is 0.470. The molecule has 0 bridgehead atoms. The van der Waals surface area contributed by atoms with Gasteiger partial charge in [0.05, 0.1) is 5.69 Å². The normalized spacial score (nSPS) is 18.1. The predicted octanol–water partition coefficient (Wildman–Crippen LogP) is 2.88. The molecule has 0 aromatic heterocycles. The molecule has 1 N–H and O–H groups in total. The SMILES string of the molecule is CCCCNCC1C=Nc2ccccc21. The topological polar surface area (TPSA) is 24.4 Å². The number of hydrogen-bond donors (Lipinski definition) is 1. The second-order valence-corrected chi connectivity index (χ2v) is 4.00. The van der Waals surface area contributed by atoms with E-state index in [1.807, 2.05) is 6.07 Å². The van der Waals surface area contributed by atoms with E-state index in [-0.39, 0.29) is 0 Å². The second-order valence-electron chi connectivity index (χ2n) is 4.00. The summed E-state index contributed by atoms with van der Waals surface area (Å²) in [5.74, 6) is 0.470. The van der Waals surface area contributed by atoms with Gasteiger partial charge in [-0.15, -0.1) is 0 Å². The zero-order chi connectivity index (χ0) is 10.5. The molecular weight excluding hydrogens is 184 g/mol.